The normalized spacial score (nSPS) is 11.0. The molecule has 0 saturated heterocycles. The molecule has 0 atom stereocenters. The number of anilines is 1. The molecule has 0 aromatic heterocycles. The molecule has 1 rings (SSSR count). The molecule has 0 aliphatic heterocycles. The van der Waals surface area contributed by atoms with Gasteiger partial charge in [-0.1, -0.05) is 13.3 Å². The minimum atomic E-state index is -3.72. The van der Waals surface area contributed by atoms with Gasteiger partial charge in [-0.3, -0.25) is 0 Å². The van der Waals surface area contributed by atoms with Crippen LogP contribution in [0.1, 0.15) is 19.8 Å². The maximum Gasteiger partial charge on any atom is 0.319 e. The van der Waals surface area contributed by atoms with Crippen molar-refractivity contribution in [1.82, 2.24) is 5.32 Å². The highest BCUT2D eigenvalue weighted by Gasteiger charge is 2.09. The second-order valence-corrected chi connectivity index (χ2v) is 6.26. The molecule has 0 radical (unpaired) electrons. The second-order valence-electron chi connectivity index (χ2n) is 3.70. The number of hydrogen-bond donors (Lipinski definition) is 2. The molecule has 1 aromatic carbocycles. The summed E-state index contributed by atoms with van der Waals surface area (Å²) in [5.74, 6) is 0. The van der Waals surface area contributed by atoms with Crippen LogP contribution in [0.5, 0.6) is 0 Å². The minimum absolute atomic E-state index is 0.00103. The van der Waals surface area contributed by atoms with Crippen molar-refractivity contribution >= 4 is 31.5 Å². The lowest BCUT2D eigenvalue weighted by molar-refractivity contribution is 0.252. The lowest BCUT2D eigenvalue weighted by atomic mass is 10.3. The summed E-state index contributed by atoms with van der Waals surface area (Å²) >= 11 is 0. The number of urea groups is 1. The Bertz CT molecular complexity index is 500. The van der Waals surface area contributed by atoms with Crippen molar-refractivity contribution in [3.63, 3.8) is 0 Å². The smallest absolute Gasteiger partial charge is 0.319 e. The Labute approximate surface area is 111 Å². The molecule has 0 heterocycles. The van der Waals surface area contributed by atoms with Gasteiger partial charge in [-0.25, -0.2) is 13.2 Å². The summed E-state index contributed by atoms with van der Waals surface area (Å²) in [4.78, 5) is 11.4. The highest BCUT2D eigenvalue weighted by atomic mass is 35.7. The standard InChI is InChI=1S/C11H15ClN2O3S/c1-2-3-8-13-11(15)14-9-4-6-10(7-5-9)18(12,16)17/h4-7H,2-3,8H2,1H3,(H2,13,14,15). The Morgan fingerprint density at radius 2 is 1.89 bits per heavy atom. The minimum Gasteiger partial charge on any atom is -0.338 e. The molecule has 0 aliphatic rings. The van der Waals surface area contributed by atoms with E-state index in [1.807, 2.05) is 6.92 Å². The van der Waals surface area contributed by atoms with Gasteiger partial charge in [0.1, 0.15) is 0 Å². The van der Waals surface area contributed by atoms with Gasteiger partial charge in [0.05, 0.1) is 4.90 Å². The molecular weight excluding hydrogens is 276 g/mol. The number of amides is 2. The van der Waals surface area contributed by atoms with E-state index in [2.05, 4.69) is 10.6 Å². The Kier molecular flexibility index (Phi) is 5.43. The van der Waals surface area contributed by atoms with Crippen LogP contribution in [0, 0.1) is 0 Å². The van der Waals surface area contributed by atoms with E-state index in [1.54, 1.807) is 0 Å². The molecule has 0 spiro atoms. The number of unbranched alkanes of at least 4 members (excludes halogenated alkanes) is 1. The number of halogens is 1. The van der Waals surface area contributed by atoms with Gasteiger partial charge >= 0.3 is 6.03 Å². The first-order chi connectivity index (χ1) is 8.43. The van der Waals surface area contributed by atoms with Crippen molar-refractivity contribution in [3.05, 3.63) is 24.3 Å². The van der Waals surface area contributed by atoms with E-state index in [0.717, 1.165) is 12.8 Å². The zero-order chi connectivity index (χ0) is 13.6. The third-order valence-electron chi connectivity index (χ3n) is 2.21. The summed E-state index contributed by atoms with van der Waals surface area (Å²) in [7, 11) is 1.45. The van der Waals surface area contributed by atoms with Crippen LogP contribution in [0.4, 0.5) is 10.5 Å². The zero-order valence-electron chi connectivity index (χ0n) is 9.94. The molecule has 0 unspecified atom stereocenters. The van der Waals surface area contributed by atoms with Gasteiger partial charge in [-0.2, -0.15) is 0 Å². The summed E-state index contributed by atoms with van der Waals surface area (Å²) in [6.45, 7) is 2.64. The topological polar surface area (TPSA) is 75.3 Å². The highest BCUT2D eigenvalue weighted by molar-refractivity contribution is 8.13. The van der Waals surface area contributed by atoms with Crippen molar-refractivity contribution < 1.29 is 13.2 Å². The van der Waals surface area contributed by atoms with Crippen LogP contribution >= 0.6 is 10.7 Å². The van der Waals surface area contributed by atoms with Gasteiger partial charge < -0.3 is 10.6 Å². The predicted octanol–water partition coefficient (Wildman–Crippen LogP) is 2.54. The lowest BCUT2D eigenvalue weighted by Gasteiger charge is -2.07. The van der Waals surface area contributed by atoms with Crippen LogP contribution in [0.2, 0.25) is 0 Å². The molecule has 18 heavy (non-hydrogen) atoms. The van der Waals surface area contributed by atoms with E-state index in [-0.39, 0.29) is 10.9 Å². The van der Waals surface area contributed by atoms with Gasteiger partial charge in [0.2, 0.25) is 0 Å². The van der Waals surface area contributed by atoms with Crippen LogP contribution in [0.15, 0.2) is 29.2 Å². The van der Waals surface area contributed by atoms with Gasteiger partial charge in [0, 0.05) is 22.9 Å². The molecule has 5 nitrogen and oxygen atoms in total. The average Bonchev–Trinajstić information content (AvgIpc) is 2.29. The molecule has 0 saturated carbocycles. The predicted molar refractivity (Wildman–Crippen MR) is 71.4 cm³/mol. The second kappa shape index (κ2) is 6.61. The molecular formula is C11H15ClN2O3S. The van der Waals surface area contributed by atoms with Crippen molar-refractivity contribution in [1.29, 1.82) is 0 Å². The third kappa shape index (κ3) is 4.93. The van der Waals surface area contributed by atoms with Crippen LogP contribution < -0.4 is 10.6 Å². The number of carbonyl (C=O) groups excluding carboxylic acids is 1. The van der Waals surface area contributed by atoms with Crippen LogP contribution in [-0.4, -0.2) is 21.0 Å². The van der Waals surface area contributed by atoms with Crippen LogP contribution in [0.3, 0.4) is 0 Å². The average molecular weight is 291 g/mol. The molecule has 0 fully saturated rings. The Morgan fingerprint density at radius 1 is 1.28 bits per heavy atom. The number of hydrogen-bond acceptors (Lipinski definition) is 3. The maximum absolute atomic E-state index is 11.4. The van der Waals surface area contributed by atoms with Crippen LogP contribution in [-0.2, 0) is 9.05 Å². The Balaban J connectivity index is 2.56. The van der Waals surface area contributed by atoms with Gasteiger partial charge in [0.15, 0.2) is 0 Å². The lowest BCUT2D eigenvalue weighted by Crippen LogP contribution is -2.29. The molecule has 2 N–H and O–H groups in total. The van der Waals surface area contributed by atoms with Crippen molar-refractivity contribution in [2.24, 2.45) is 0 Å². The summed E-state index contributed by atoms with van der Waals surface area (Å²) < 4.78 is 22.0. The van der Waals surface area contributed by atoms with E-state index >= 15 is 0 Å². The van der Waals surface area contributed by atoms with E-state index in [1.165, 1.54) is 24.3 Å². The van der Waals surface area contributed by atoms with Gasteiger partial charge in [-0.05, 0) is 30.7 Å². The van der Waals surface area contributed by atoms with E-state index < -0.39 is 9.05 Å². The van der Waals surface area contributed by atoms with Gasteiger partial charge in [-0.15, -0.1) is 0 Å². The number of nitrogens with one attached hydrogen (secondary N) is 2. The quantitative estimate of drug-likeness (QED) is 0.646. The van der Waals surface area contributed by atoms with Crippen LogP contribution in [0.25, 0.3) is 0 Å². The fraction of sp³-hybridized carbons (Fsp3) is 0.364. The fourth-order valence-electron chi connectivity index (χ4n) is 1.25. The van der Waals surface area contributed by atoms with Gasteiger partial charge in [0.25, 0.3) is 9.05 Å². The first-order valence-electron chi connectivity index (χ1n) is 5.53. The molecule has 0 bridgehead atoms. The van der Waals surface area contributed by atoms with Crippen molar-refractivity contribution in [2.45, 2.75) is 24.7 Å². The molecule has 7 heteroatoms. The zero-order valence-corrected chi connectivity index (χ0v) is 11.5. The molecule has 2 amide bonds. The van der Waals surface area contributed by atoms with E-state index in [0.29, 0.717) is 12.2 Å². The van der Waals surface area contributed by atoms with E-state index in [4.69, 9.17) is 10.7 Å². The summed E-state index contributed by atoms with van der Waals surface area (Å²) in [5, 5.41) is 5.27. The van der Waals surface area contributed by atoms with Crippen molar-refractivity contribution in [3.8, 4) is 0 Å². The number of carbonyl (C=O) groups is 1. The first-order valence-corrected chi connectivity index (χ1v) is 7.84. The molecule has 0 aliphatic carbocycles. The first kappa shape index (κ1) is 14.8. The molecule has 100 valence electrons. The monoisotopic (exact) mass is 290 g/mol. The molecule has 1 aromatic rings. The summed E-state index contributed by atoms with van der Waals surface area (Å²) in [6, 6.07) is 5.32. The SMILES string of the molecule is CCCCNC(=O)Nc1ccc(S(=O)(=O)Cl)cc1. The largest absolute Gasteiger partial charge is 0.338 e. The summed E-state index contributed by atoms with van der Waals surface area (Å²) in [5.41, 5.74) is 0.507. The third-order valence-corrected chi connectivity index (χ3v) is 3.58. The fourth-order valence-corrected chi connectivity index (χ4v) is 2.02. The number of benzene rings is 1. The summed E-state index contributed by atoms with van der Waals surface area (Å²) in [6.07, 6.45) is 1.92. The van der Waals surface area contributed by atoms with E-state index in [9.17, 15) is 13.2 Å². The Hall–Kier alpha value is -1.27. The maximum atomic E-state index is 11.4. The van der Waals surface area contributed by atoms with Crippen molar-refractivity contribution in [2.75, 3.05) is 11.9 Å². The number of rotatable bonds is 5. The highest BCUT2D eigenvalue weighted by Crippen LogP contribution is 2.17. The Morgan fingerprint density at radius 3 is 2.39 bits per heavy atom.